The third-order valence-electron chi connectivity index (χ3n) is 3.11. The topological polar surface area (TPSA) is 26.0 Å². The maximum atomic E-state index is 13.3. The van der Waals surface area contributed by atoms with Crippen molar-refractivity contribution in [3.8, 4) is 11.8 Å². The van der Waals surface area contributed by atoms with E-state index in [1.54, 1.807) is 17.8 Å². The van der Waals surface area contributed by atoms with Gasteiger partial charge in [0.15, 0.2) is 0 Å². The van der Waals surface area contributed by atoms with Gasteiger partial charge < -0.3 is 5.73 Å². The van der Waals surface area contributed by atoms with Gasteiger partial charge in [-0.3, -0.25) is 0 Å². The van der Waals surface area contributed by atoms with Gasteiger partial charge >= 0.3 is 0 Å². The monoisotopic (exact) mass is 299 g/mol. The highest BCUT2D eigenvalue weighted by molar-refractivity contribution is 7.98. The van der Waals surface area contributed by atoms with Crippen molar-refractivity contribution in [2.75, 3.05) is 6.54 Å². The van der Waals surface area contributed by atoms with Crippen LogP contribution in [0.2, 0.25) is 0 Å². The van der Waals surface area contributed by atoms with Gasteiger partial charge in [-0.05, 0) is 43.2 Å². The average Bonchev–Trinajstić information content (AvgIpc) is 2.45. The standard InChI is InChI=1S/C18H18FNS/c1-13-5-8-18(14(2)10-13)21-12-16-6-7-17(19)11-15(16)4-3-9-20/h5-8,10-11H,9,12,20H2,1-2H3. The van der Waals surface area contributed by atoms with Gasteiger partial charge in [0.2, 0.25) is 0 Å². The van der Waals surface area contributed by atoms with E-state index < -0.39 is 0 Å². The largest absolute Gasteiger partial charge is 0.320 e. The number of hydrogen-bond donors (Lipinski definition) is 1. The Bertz CT molecular complexity index is 698. The number of hydrogen-bond acceptors (Lipinski definition) is 2. The second-order valence-corrected chi connectivity index (χ2v) is 5.88. The van der Waals surface area contributed by atoms with Crippen molar-refractivity contribution in [2.24, 2.45) is 5.73 Å². The maximum Gasteiger partial charge on any atom is 0.124 e. The minimum atomic E-state index is -0.267. The molecular formula is C18H18FNS. The first-order chi connectivity index (χ1) is 10.1. The molecule has 0 fully saturated rings. The summed E-state index contributed by atoms with van der Waals surface area (Å²) in [5.41, 5.74) is 9.66. The molecule has 2 aromatic carbocycles. The molecule has 0 unspecified atom stereocenters. The highest BCUT2D eigenvalue weighted by Crippen LogP contribution is 2.28. The molecule has 0 saturated heterocycles. The van der Waals surface area contributed by atoms with Crippen molar-refractivity contribution in [3.05, 3.63) is 64.5 Å². The Labute approximate surface area is 129 Å². The SMILES string of the molecule is Cc1ccc(SCc2ccc(F)cc2C#CCN)c(C)c1. The van der Waals surface area contributed by atoms with Crippen LogP contribution in [0.25, 0.3) is 0 Å². The summed E-state index contributed by atoms with van der Waals surface area (Å²) >= 11 is 1.74. The first kappa shape index (κ1) is 15.6. The Morgan fingerprint density at radius 3 is 2.67 bits per heavy atom. The summed E-state index contributed by atoms with van der Waals surface area (Å²) in [6, 6.07) is 11.2. The predicted molar refractivity (Wildman–Crippen MR) is 87.8 cm³/mol. The molecule has 21 heavy (non-hydrogen) atoms. The van der Waals surface area contributed by atoms with Gasteiger partial charge in [-0.2, -0.15) is 0 Å². The molecule has 0 aliphatic rings. The van der Waals surface area contributed by atoms with Crippen LogP contribution in [0, 0.1) is 31.5 Å². The van der Waals surface area contributed by atoms with Crippen LogP contribution < -0.4 is 5.73 Å². The number of aryl methyl sites for hydroxylation is 2. The molecule has 108 valence electrons. The van der Waals surface area contributed by atoms with E-state index in [2.05, 4.69) is 43.9 Å². The van der Waals surface area contributed by atoms with Crippen LogP contribution >= 0.6 is 11.8 Å². The molecule has 1 nitrogen and oxygen atoms in total. The molecule has 2 aromatic rings. The molecule has 0 heterocycles. The van der Waals surface area contributed by atoms with E-state index in [-0.39, 0.29) is 12.4 Å². The Hall–Kier alpha value is -1.76. The lowest BCUT2D eigenvalue weighted by Gasteiger charge is -2.08. The van der Waals surface area contributed by atoms with E-state index in [0.717, 1.165) is 16.9 Å². The lowest BCUT2D eigenvalue weighted by atomic mass is 10.1. The zero-order valence-electron chi connectivity index (χ0n) is 12.2. The van der Waals surface area contributed by atoms with Gasteiger partial charge in [-0.1, -0.05) is 35.6 Å². The van der Waals surface area contributed by atoms with Crippen LogP contribution in [0.15, 0.2) is 41.3 Å². The van der Waals surface area contributed by atoms with Crippen molar-refractivity contribution in [3.63, 3.8) is 0 Å². The minimum Gasteiger partial charge on any atom is -0.320 e. The molecule has 0 aliphatic carbocycles. The van der Waals surface area contributed by atoms with E-state index in [0.29, 0.717) is 0 Å². The molecule has 0 spiro atoms. The van der Waals surface area contributed by atoms with Gasteiger partial charge in [0.1, 0.15) is 5.82 Å². The molecule has 2 rings (SSSR count). The first-order valence-corrected chi connectivity index (χ1v) is 7.76. The van der Waals surface area contributed by atoms with E-state index in [4.69, 9.17) is 5.73 Å². The second kappa shape index (κ2) is 7.31. The third-order valence-corrected chi connectivity index (χ3v) is 4.34. The average molecular weight is 299 g/mol. The number of rotatable bonds is 3. The zero-order valence-corrected chi connectivity index (χ0v) is 13.1. The van der Waals surface area contributed by atoms with Crippen LogP contribution in [-0.4, -0.2) is 6.54 Å². The number of nitrogens with two attached hydrogens (primary N) is 1. The molecule has 3 heteroatoms. The summed E-state index contributed by atoms with van der Waals surface area (Å²) in [7, 11) is 0. The maximum absolute atomic E-state index is 13.3. The molecule has 0 saturated carbocycles. The van der Waals surface area contributed by atoms with Crippen molar-refractivity contribution >= 4 is 11.8 Å². The van der Waals surface area contributed by atoms with Gasteiger partial charge in [0.25, 0.3) is 0 Å². The fourth-order valence-corrected chi connectivity index (χ4v) is 3.07. The predicted octanol–water partition coefficient (Wildman–Crippen LogP) is 4.05. The third kappa shape index (κ3) is 4.35. The quantitative estimate of drug-likeness (QED) is 0.683. The van der Waals surface area contributed by atoms with Gasteiger partial charge in [0, 0.05) is 16.2 Å². The Kier molecular flexibility index (Phi) is 5.44. The molecular weight excluding hydrogens is 281 g/mol. The summed E-state index contributed by atoms with van der Waals surface area (Å²) in [4.78, 5) is 1.24. The summed E-state index contributed by atoms with van der Waals surface area (Å²) in [5.74, 6) is 6.23. The molecule has 0 aromatic heterocycles. The molecule has 2 N–H and O–H groups in total. The van der Waals surface area contributed by atoms with Crippen LogP contribution in [0.4, 0.5) is 4.39 Å². The Morgan fingerprint density at radius 2 is 1.95 bits per heavy atom. The first-order valence-electron chi connectivity index (χ1n) is 6.77. The van der Waals surface area contributed by atoms with E-state index in [9.17, 15) is 4.39 Å². The van der Waals surface area contributed by atoms with E-state index in [1.807, 2.05) is 0 Å². The van der Waals surface area contributed by atoms with Gasteiger partial charge in [-0.25, -0.2) is 4.39 Å². The van der Waals surface area contributed by atoms with Crippen molar-refractivity contribution < 1.29 is 4.39 Å². The lowest BCUT2D eigenvalue weighted by Crippen LogP contribution is -1.95. The van der Waals surface area contributed by atoms with Gasteiger partial charge in [-0.15, -0.1) is 11.8 Å². The highest BCUT2D eigenvalue weighted by Gasteiger charge is 2.05. The normalized spacial score (nSPS) is 10.1. The number of thioether (sulfide) groups is 1. The fourth-order valence-electron chi connectivity index (χ4n) is 2.05. The van der Waals surface area contributed by atoms with Crippen molar-refractivity contribution in [1.29, 1.82) is 0 Å². The Morgan fingerprint density at radius 1 is 1.14 bits per heavy atom. The molecule has 0 amide bonds. The van der Waals surface area contributed by atoms with Crippen LogP contribution in [0.1, 0.15) is 22.3 Å². The van der Waals surface area contributed by atoms with E-state index >= 15 is 0 Å². The van der Waals surface area contributed by atoms with Crippen molar-refractivity contribution in [1.82, 2.24) is 0 Å². The van der Waals surface area contributed by atoms with Crippen LogP contribution in [0.5, 0.6) is 0 Å². The molecule has 0 atom stereocenters. The second-order valence-electron chi connectivity index (χ2n) is 4.86. The Balaban J connectivity index is 2.19. The molecule has 0 radical (unpaired) electrons. The van der Waals surface area contributed by atoms with Crippen molar-refractivity contribution in [2.45, 2.75) is 24.5 Å². The van der Waals surface area contributed by atoms with E-state index in [1.165, 1.54) is 28.2 Å². The fraction of sp³-hybridized carbons (Fsp3) is 0.222. The van der Waals surface area contributed by atoms with Gasteiger partial charge in [0.05, 0.1) is 6.54 Å². The summed E-state index contributed by atoms with van der Waals surface area (Å²) in [6.45, 7) is 4.47. The number of halogens is 1. The highest BCUT2D eigenvalue weighted by atomic mass is 32.2. The molecule has 0 aliphatic heterocycles. The minimum absolute atomic E-state index is 0.267. The summed E-state index contributed by atoms with van der Waals surface area (Å²) in [5, 5.41) is 0. The zero-order chi connectivity index (χ0) is 15.2. The van der Waals surface area contributed by atoms with Crippen LogP contribution in [0.3, 0.4) is 0 Å². The smallest absolute Gasteiger partial charge is 0.124 e. The van der Waals surface area contributed by atoms with Crippen LogP contribution in [-0.2, 0) is 5.75 Å². The lowest BCUT2D eigenvalue weighted by molar-refractivity contribution is 0.627. The summed E-state index contributed by atoms with van der Waals surface area (Å²) < 4.78 is 13.3. The summed E-state index contributed by atoms with van der Waals surface area (Å²) in [6.07, 6.45) is 0. The number of benzene rings is 2. The molecule has 0 bridgehead atoms.